The van der Waals surface area contributed by atoms with Crippen LogP contribution in [0.5, 0.6) is 0 Å². The quantitative estimate of drug-likeness (QED) is 0.498. The molecule has 0 saturated heterocycles. The molecule has 0 spiro atoms. The predicted octanol–water partition coefficient (Wildman–Crippen LogP) is 3.59. The first-order valence-corrected chi connectivity index (χ1v) is 10.4. The first-order chi connectivity index (χ1) is 15.1. The smallest absolute Gasteiger partial charge is 0.291 e. The van der Waals surface area contributed by atoms with Gasteiger partial charge in [0.1, 0.15) is 5.82 Å². The molecule has 0 saturated carbocycles. The number of rotatable bonds is 7. The van der Waals surface area contributed by atoms with Gasteiger partial charge in [-0.25, -0.2) is 19.9 Å². The molecule has 8 nitrogen and oxygen atoms in total. The van der Waals surface area contributed by atoms with Gasteiger partial charge in [0.15, 0.2) is 5.82 Å². The number of anilines is 1. The largest absolute Gasteiger partial charge is 0.322 e. The number of aromatic nitrogens is 6. The molecule has 3 aromatic heterocycles. The Bertz CT molecular complexity index is 1190. The van der Waals surface area contributed by atoms with Crippen molar-refractivity contribution >= 4 is 11.6 Å². The summed E-state index contributed by atoms with van der Waals surface area (Å²) in [5.41, 5.74) is 3.35. The highest BCUT2D eigenvalue weighted by atomic mass is 16.2. The summed E-state index contributed by atoms with van der Waals surface area (Å²) in [5.74, 6) is 1.50. The molecule has 0 bridgehead atoms. The van der Waals surface area contributed by atoms with Gasteiger partial charge in [-0.2, -0.15) is 0 Å². The summed E-state index contributed by atoms with van der Waals surface area (Å²) in [4.78, 5) is 30.9. The summed E-state index contributed by atoms with van der Waals surface area (Å²) in [5, 5.41) is 2.93. The van der Waals surface area contributed by atoms with Crippen LogP contribution in [-0.2, 0) is 19.4 Å². The second-order valence-electron chi connectivity index (χ2n) is 7.22. The molecular weight excluding hydrogens is 390 g/mol. The Hall–Kier alpha value is -3.81. The fraction of sp³-hybridized carbons (Fsp3) is 0.261. The van der Waals surface area contributed by atoms with Crippen LogP contribution in [0, 0.1) is 6.92 Å². The van der Waals surface area contributed by atoms with Crippen molar-refractivity contribution in [2.45, 2.75) is 40.2 Å². The molecule has 0 unspecified atom stereocenters. The van der Waals surface area contributed by atoms with Gasteiger partial charge >= 0.3 is 0 Å². The number of benzene rings is 1. The number of amides is 1. The molecule has 1 N–H and O–H groups in total. The summed E-state index contributed by atoms with van der Waals surface area (Å²) in [6.45, 7) is 6.56. The molecule has 4 aromatic rings. The zero-order chi connectivity index (χ0) is 21.8. The van der Waals surface area contributed by atoms with Crippen LogP contribution >= 0.6 is 0 Å². The zero-order valence-electron chi connectivity index (χ0n) is 17.9. The zero-order valence-corrected chi connectivity index (χ0v) is 17.9. The Morgan fingerprint density at radius 3 is 2.61 bits per heavy atom. The van der Waals surface area contributed by atoms with Gasteiger partial charge in [0.25, 0.3) is 5.91 Å². The summed E-state index contributed by atoms with van der Waals surface area (Å²) in [7, 11) is 0. The highest BCUT2D eigenvalue weighted by molar-refractivity contribution is 6.02. The summed E-state index contributed by atoms with van der Waals surface area (Å²) >= 11 is 0. The molecule has 0 atom stereocenters. The first kappa shape index (κ1) is 20.5. The fourth-order valence-corrected chi connectivity index (χ4v) is 3.47. The van der Waals surface area contributed by atoms with E-state index in [1.165, 1.54) is 0 Å². The molecular formula is C23H25N7O. The summed E-state index contributed by atoms with van der Waals surface area (Å²) < 4.78 is 3.72. The number of nitrogens with one attached hydrogen (secondary N) is 1. The first-order valence-electron chi connectivity index (χ1n) is 10.4. The van der Waals surface area contributed by atoms with Crippen molar-refractivity contribution in [3.05, 3.63) is 83.7 Å². The number of carbonyl (C=O) groups excluding carboxylic acids is 1. The van der Waals surface area contributed by atoms with Gasteiger partial charge < -0.3 is 9.88 Å². The summed E-state index contributed by atoms with van der Waals surface area (Å²) in [6.07, 6.45) is 8.44. The second kappa shape index (κ2) is 8.91. The van der Waals surface area contributed by atoms with E-state index < -0.39 is 0 Å². The van der Waals surface area contributed by atoms with E-state index in [0.717, 1.165) is 29.2 Å². The van der Waals surface area contributed by atoms with Crippen molar-refractivity contribution in [2.75, 3.05) is 5.32 Å². The fourth-order valence-electron chi connectivity index (χ4n) is 3.47. The van der Waals surface area contributed by atoms with Crippen molar-refractivity contribution in [1.29, 1.82) is 0 Å². The molecule has 0 fully saturated rings. The molecule has 0 aliphatic carbocycles. The van der Waals surface area contributed by atoms with Crippen LogP contribution in [0.1, 0.15) is 47.2 Å². The van der Waals surface area contributed by atoms with E-state index in [1.807, 2.05) is 66.4 Å². The Labute approximate surface area is 181 Å². The number of hydrogen-bond donors (Lipinski definition) is 1. The van der Waals surface area contributed by atoms with Gasteiger partial charge in [-0.05, 0) is 18.9 Å². The van der Waals surface area contributed by atoms with E-state index in [4.69, 9.17) is 0 Å². The topological polar surface area (TPSA) is 90.5 Å². The third kappa shape index (κ3) is 4.37. The van der Waals surface area contributed by atoms with E-state index in [-0.39, 0.29) is 5.91 Å². The van der Waals surface area contributed by atoms with Crippen LogP contribution in [0.3, 0.4) is 0 Å². The number of hydrogen-bond acceptors (Lipinski definition) is 5. The molecule has 158 valence electrons. The maximum atomic E-state index is 12.9. The van der Waals surface area contributed by atoms with E-state index in [1.54, 1.807) is 18.6 Å². The molecule has 1 aromatic carbocycles. The highest BCUT2D eigenvalue weighted by Crippen LogP contribution is 2.18. The van der Waals surface area contributed by atoms with Gasteiger partial charge in [0.2, 0.25) is 5.95 Å². The maximum absolute atomic E-state index is 12.9. The van der Waals surface area contributed by atoms with Crippen LogP contribution < -0.4 is 5.32 Å². The lowest BCUT2D eigenvalue weighted by Gasteiger charge is -2.12. The average Bonchev–Trinajstić information content (AvgIpc) is 3.40. The van der Waals surface area contributed by atoms with E-state index in [2.05, 4.69) is 25.3 Å². The Balaban J connectivity index is 1.57. The van der Waals surface area contributed by atoms with Gasteiger partial charge in [0.05, 0.1) is 23.3 Å². The molecule has 8 heteroatoms. The monoisotopic (exact) mass is 415 g/mol. The molecule has 0 radical (unpaired) electrons. The standard InChI is InChI=1S/C23H25N7O/c1-4-18-19(13-25-23(28-18)30-14-16(3)26-20(30)5-2)27-22(31)21-24-11-12-29(21)15-17-9-7-6-8-10-17/h6-14H,4-5,15H2,1-3H3,(H,27,31). The van der Waals surface area contributed by atoms with Crippen molar-refractivity contribution < 1.29 is 4.79 Å². The van der Waals surface area contributed by atoms with E-state index in [0.29, 0.717) is 30.4 Å². The highest BCUT2D eigenvalue weighted by Gasteiger charge is 2.17. The van der Waals surface area contributed by atoms with E-state index >= 15 is 0 Å². The lowest BCUT2D eigenvalue weighted by molar-refractivity contribution is 0.101. The second-order valence-corrected chi connectivity index (χ2v) is 7.22. The normalized spacial score (nSPS) is 10.9. The number of aryl methyl sites for hydroxylation is 3. The minimum atomic E-state index is -0.292. The molecule has 31 heavy (non-hydrogen) atoms. The predicted molar refractivity (Wildman–Crippen MR) is 118 cm³/mol. The maximum Gasteiger partial charge on any atom is 0.291 e. The van der Waals surface area contributed by atoms with Crippen molar-refractivity contribution in [1.82, 2.24) is 29.1 Å². The molecule has 0 aliphatic rings. The number of nitrogens with zero attached hydrogens (tertiary/aromatic N) is 6. The lowest BCUT2D eigenvalue weighted by Crippen LogP contribution is -2.20. The van der Waals surface area contributed by atoms with E-state index in [9.17, 15) is 4.79 Å². The number of carbonyl (C=O) groups is 1. The molecule has 0 aliphatic heterocycles. The Morgan fingerprint density at radius 1 is 1.06 bits per heavy atom. The van der Waals surface area contributed by atoms with Gasteiger partial charge in [0, 0.05) is 31.6 Å². The Morgan fingerprint density at radius 2 is 1.87 bits per heavy atom. The average molecular weight is 416 g/mol. The van der Waals surface area contributed by atoms with Crippen LogP contribution in [0.25, 0.3) is 5.95 Å². The Kier molecular flexibility index (Phi) is 5.88. The third-order valence-electron chi connectivity index (χ3n) is 4.98. The lowest BCUT2D eigenvalue weighted by atomic mass is 10.2. The molecule has 4 rings (SSSR count). The van der Waals surface area contributed by atoms with Gasteiger partial charge in [-0.15, -0.1) is 0 Å². The van der Waals surface area contributed by atoms with Crippen molar-refractivity contribution in [3.63, 3.8) is 0 Å². The van der Waals surface area contributed by atoms with Gasteiger partial charge in [-0.3, -0.25) is 9.36 Å². The van der Waals surface area contributed by atoms with Crippen molar-refractivity contribution in [3.8, 4) is 5.95 Å². The summed E-state index contributed by atoms with van der Waals surface area (Å²) in [6, 6.07) is 9.96. The van der Waals surface area contributed by atoms with Crippen molar-refractivity contribution in [2.24, 2.45) is 0 Å². The SMILES string of the molecule is CCc1nc(-n2cc(C)nc2CC)ncc1NC(=O)c1nccn1Cc1ccccc1. The minimum absolute atomic E-state index is 0.292. The van der Waals surface area contributed by atoms with Crippen LogP contribution in [0.2, 0.25) is 0 Å². The molecule has 1 amide bonds. The molecule has 3 heterocycles. The van der Waals surface area contributed by atoms with Crippen LogP contribution in [0.4, 0.5) is 5.69 Å². The minimum Gasteiger partial charge on any atom is -0.322 e. The van der Waals surface area contributed by atoms with Crippen LogP contribution in [0.15, 0.2) is 55.1 Å². The van der Waals surface area contributed by atoms with Gasteiger partial charge in [-0.1, -0.05) is 44.2 Å². The number of imidazole rings is 2. The third-order valence-corrected chi connectivity index (χ3v) is 4.98. The van der Waals surface area contributed by atoms with Crippen LogP contribution in [-0.4, -0.2) is 35.0 Å².